The van der Waals surface area contributed by atoms with E-state index in [0.29, 0.717) is 12.8 Å². The summed E-state index contributed by atoms with van der Waals surface area (Å²) in [5.41, 5.74) is 0. The lowest BCUT2D eigenvalue weighted by molar-refractivity contribution is -0.147. The molecule has 1 heterocycles. The third-order valence-electron chi connectivity index (χ3n) is 4.16. The lowest BCUT2D eigenvalue weighted by Gasteiger charge is -2.26. The summed E-state index contributed by atoms with van der Waals surface area (Å²) >= 11 is 0. The number of amides is 2. The lowest BCUT2D eigenvalue weighted by atomic mass is 9.97. The summed E-state index contributed by atoms with van der Waals surface area (Å²) in [5, 5.41) is 25.6. The fraction of sp³-hybridized carbons (Fsp3) is 0.733. The minimum atomic E-state index is -1.54. The lowest BCUT2D eigenvalue weighted by Crippen LogP contribution is -2.56. The molecule has 1 aliphatic heterocycles. The van der Waals surface area contributed by atoms with E-state index in [1.165, 1.54) is 0 Å². The van der Waals surface area contributed by atoms with Crippen LogP contribution >= 0.6 is 0 Å². The van der Waals surface area contributed by atoms with Crippen molar-refractivity contribution < 1.29 is 29.4 Å². The Morgan fingerprint density at radius 3 is 2.33 bits per heavy atom. The standard InChI is InChI=1S/C15H25N3O6/c1-3-8(2)12(18-13(21)9-5-4-6-16-9)14(22)17-10(15(23)24)7-11(19)20/h8-10,12,16H,3-7H2,1-2H3,(H,17,22)(H,18,21)(H,19,20)(H,23,24). The van der Waals surface area contributed by atoms with E-state index in [2.05, 4.69) is 16.0 Å². The monoisotopic (exact) mass is 343 g/mol. The number of hydrogen-bond acceptors (Lipinski definition) is 5. The molecule has 24 heavy (non-hydrogen) atoms. The van der Waals surface area contributed by atoms with Crippen LogP contribution in [0.5, 0.6) is 0 Å². The van der Waals surface area contributed by atoms with Crippen LogP contribution in [-0.2, 0) is 19.2 Å². The van der Waals surface area contributed by atoms with E-state index in [9.17, 15) is 19.2 Å². The van der Waals surface area contributed by atoms with Crippen molar-refractivity contribution in [2.45, 2.75) is 57.7 Å². The zero-order valence-electron chi connectivity index (χ0n) is 13.9. The van der Waals surface area contributed by atoms with Gasteiger partial charge in [-0.1, -0.05) is 20.3 Å². The van der Waals surface area contributed by atoms with Crippen LogP contribution in [0.2, 0.25) is 0 Å². The Morgan fingerprint density at radius 1 is 1.21 bits per heavy atom. The first-order valence-electron chi connectivity index (χ1n) is 8.05. The van der Waals surface area contributed by atoms with Gasteiger partial charge in [-0.05, 0) is 25.3 Å². The predicted octanol–water partition coefficient (Wildman–Crippen LogP) is -0.687. The first kappa shape index (κ1) is 19.9. The van der Waals surface area contributed by atoms with Crippen LogP contribution < -0.4 is 16.0 Å². The molecule has 0 aromatic rings. The summed E-state index contributed by atoms with van der Waals surface area (Å²) in [6.07, 6.45) is 1.41. The van der Waals surface area contributed by atoms with Gasteiger partial charge in [0.1, 0.15) is 12.1 Å². The van der Waals surface area contributed by atoms with E-state index in [4.69, 9.17) is 10.2 Å². The Hall–Kier alpha value is -2.16. The zero-order chi connectivity index (χ0) is 18.3. The van der Waals surface area contributed by atoms with Crippen LogP contribution in [0.4, 0.5) is 0 Å². The Kier molecular flexibility index (Phi) is 7.63. The van der Waals surface area contributed by atoms with E-state index in [1.54, 1.807) is 6.92 Å². The van der Waals surface area contributed by atoms with Gasteiger partial charge in [-0.2, -0.15) is 0 Å². The van der Waals surface area contributed by atoms with Crippen LogP contribution in [0.15, 0.2) is 0 Å². The highest BCUT2D eigenvalue weighted by Gasteiger charge is 2.32. The molecule has 2 amide bonds. The minimum absolute atomic E-state index is 0.227. The molecule has 0 saturated carbocycles. The van der Waals surface area contributed by atoms with E-state index >= 15 is 0 Å². The second kappa shape index (κ2) is 9.21. The first-order valence-corrected chi connectivity index (χ1v) is 8.05. The van der Waals surface area contributed by atoms with Gasteiger partial charge in [0.15, 0.2) is 0 Å². The average Bonchev–Trinajstić information content (AvgIpc) is 3.04. The summed E-state index contributed by atoms with van der Waals surface area (Å²) in [7, 11) is 0. The molecule has 9 heteroatoms. The molecule has 0 aliphatic carbocycles. The molecule has 0 bridgehead atoms. The van der Waals surface area contributed by atoms with Crippen molar-refractivity contribution >= 4 is 23.8 Å². The summed E-state index contributed by atoms with van der Waals surface area (Å²) in [4.78, 5) is 46.4. The SMILES string of the molecule is CCC(C)C(NC(=O)C1CCCN1)C(=O)NC(CC(=O)O)C(=O)O. The highest BCUT2D eigenvalue weighted by molar-refractivity contribution is 5.93. The molecule has 4 atom stereocenters. The molecular formula is C15H25N3O6. The predicted molar refractivity (Wildman–Crippen MR) is 84.2 cm³/mol. The molecule has 9 nitrogen and oxygen atoms in total. The van der Waals surface area contributed by atoms with Crippen LogP contribution in [0.3, 0.4) is 0 Å². The second-order valence-corrected chi connectivity index (χ2v) is 6.02. The number of carbonyl (C=O) groups excluding carboxylic acids is 2. The fourth-order valence-electron chi connectivity index (χ4n) is 2.50. The van der Waals surface area contributed by atoms with Crippen molar-refractivity contribution in [3.63, 3.8) is 0 Å². The highest BCUT2D eigenvalue weighted by Crippen LogP contribution is 2.11. The van der Waals surface area contributed by atoms with Crippen LogP contribution in [0, 0.1) is 5.92 Å². The van der Waals surface area contributed by atoms with Crippen molar-refractivity contribution in [1.29, 1.82) is 0 Å². The number of carbonyl (C=O) groups is 4. The van der Waals surface area contributed by atoms with Gasteiger partial charge in [-0.15, -0.1) is 0 Å². The average molecular weight is 343 g/mol. The van der Waals surface area contributed by atoms with Gasteiger partial charge in [0.25, 0.3) is 0 Å². The Bertz CT molecular complexity index is 490. The Labute approximate surface area is 140 Å². The quantitative estimate of drug-likeness (QED) is 0.373. The maximum Gasteiger partial charge on any atom is 0.326 e. The second-order valence-electron chi connectivity index (χ2n) is 6.02. The first-order chi connectivity index (χ1) is 11.3. The molecular weight excluding hydrogens is 318 g/mol. The van der Waals surface area contributed by atoms with Gasteiger partial charge in [-0.3, -0.25) is 14.4 Å². The highest BCUT2D eigenvalue weighted by atomic mass is 16.4. The molecule has 1 saturated heterocycles. The van der Waals surface area contributed by atoms with Gasteiger partial charge < -0.3 is 26.2 Å². The number of nitrogens with one attached hydrogen (secondary N) is 3. The molecule has 0 spiro atoms. The Balaban J connectivity index is 2.78. The maximum atomic E-state index is 12.4. The van der Waals surface area contributed by atoms with Crippen LogP contribution in [-0.4, -0.2) is 58.6 Å². The van der Waals surface area contributed by atoms with Crippen molar-refractivity contribution in [3.8, 4) is 0 Å². The fourth-order valence-corrected chi connectivity index (χ4v) is 2.50. The largest absolute Gasteiger partial charge is 0.481 e. The number of rotatable bonds is 9. The summed E-state index contributed by atoms with van der Waals surface area (Å²) in [5.74, 6) is -3.99. The molecule has 1 aliphatic rings. The molecule has 136 valence electrons. The van der Waals surface area contributed by atoms with Gasteiger partial charge >= 0.3 is 11.9 Å². The smallest absolute Gasteiger partial charge is 0.326 e. The van der Waals surface area contributed by atoms with Gasteiger partial charge in [0.2, 0.25) is 11.8 Å². The maximum absolute atomic E-state index is 12.4. The zero-order valence-corrected chi connectivity index (χ0v) is 13.9. The van der Waals surface area contributed by atoms with Crippen molar-refractivity contribution in [2.75, 3.05) is 6.54 Å². The van der Waals surface area contributed by atoms with Crippen LogP contribution in [0.25, 0.3) is 0 Å². The molecule has 0 aromatic heterocycles. The number of hydrogen-bond donors (Lipinski definition) is 5. The Morgan fingerprint density at radius 2 is 1.88 bits per heavy atom. The van der Waals surface area contributed by atoms with Crippen molar-refractivity contribution in [1.82, 2.24) is 16.0 Å². The normalized spacial score (nSPS) is 20.7. The molecule has 1 fully saturated rings. The summed E-state index contributed by atoms with van der Waals surface area (Å²) in [6.45, 7) is 4.34. The molecule has 4 unspecified atom stereocenters. The molecule has 0 aromatic carbocycles. The van der Waals surface area contributed by atoms with Gasteiger partial charge in [0.05, 0.1) is 12.5 Å². The van der Waals surface area contributed by atoms with Crippen molar-refractivity contribution in [2.24, 2.45) is 5.92 Å². The summed E-state index contributed by atoms with van der Waals surface area (Å²) < 4.78 is 0. The van der Waals surface area contributed by atoms with Gasteiger partial charge in [-0.25, -0.2) is 4.79 Å². The van der Waals surface area contributed by atoms with E-state index in [-0.39, 0.29) is 17.9 Å². The van der Waals surface area contributed by atoms with E-state index in [1.807, 2.05) is 6.92 Å². The van der Waals surface area contributed by atoms with E-state index < -0.39 is 36.4 Å². The minimum Gasteiger partial charge on any atom is -0.481 e. The number of aliphatic carboxylic acids is 2. The number of carboxylic acid groups (broad SMARTS) is 2. The van der Waals surface area contributed by atoms with Gasteiger partial charge in [0, 0.05) is 0 Å². The van der Waals surface area contributed by atoms with E-state index in [0.717, 1.165) is 13.0 Å². The molecule has 0 radical (unpaired) electrons. The summed E-state index contributed by atoms with van der Waals surface area (Å²) in [6, 6.07) is -2.82. The molecule has 1 rings (SSSR count). The third kappa shape index (κ3) is 5.80. The topological polar surface area (TPSA) is 145 Å². The molecule has 5 N–H and O–H groups in total. The number of carboxylic acids is 2. The van der Waals surface area contributed by atoms with Crippen LogP contribution in [0.1, 0.15) is 39.5 Å². The van der Waals surface area contributed by atoms with Crippen molar-refractivity contribution in [3.05, 3.63) is 0 Å². The third-order valence-corrected chi connectivity index (χ3v) is 4.16.